The number of nitrogens with one attached hydrogen (secondary N) is 1. The first-order valence-electron chi connectivity index (χ1n) is 8.48. The predicted octanol–water partition coefficient (Wildman–Crippen LogP) is 2.48. The fourth-order valence-corrected chi connectivity index (χ4v) is 3.46. The van der Waals surface area contributed by atoms with Crippen molar-refractivity contribution in [2.45, 2.75) is 45.1 Å². The number of hydrogen-bond acceptors (Lipinski definition) is 4. The van der Waals surface area contributed by atoms with Gasteiger partial charge < -0.3 is 10.4 Å². The molecule has 2 N–H and O–H groups in total. The summed E-state index contributed by atoms with van der Waals surface area (Å²) in [6.45, 7) is 1.89. The SMILES string of the molecule is CC(NC(=O)CC1(C(=O)O)CCCC1)c1ccc(-n2cncn2)cc1. The Morgan fingerprint density at radius 3 is 2.52 bits per heavy atom. The lowest BCUT2D eigenvalue weighted by atomic mass is 9.82. The number of carbonyl (C=O) groups is 2. The van der Waals surface area contributed by atoms with E-state index in [9.17, 15) is 14.7 Å². The van der Waals surface area contributed by atoms with Crippen molar-refractivity contribution < 1.29 is 14.7 Å². The maximum absolute atomic E-state index is 12.3. The van der Waals surface area contributed by atoms with Gasteiger partial charge in [-0.05, 0) is 37.5 Å². The molecule has 1 aliphatic carbocycles. The molecule has 0 spiro atoms. The van der Waals surface area contributed by atoms with E-state index in [2.05, 4.69) is 15.4 Å². The van der Waals surface area contributed by atoms with Gasteiger partial charge in [0.1, 0.15) is 12.7 Å². The second-order valence-corrected chi connectivity index (χ2v) is 6.69. The number of carboxylic acids is 1. The second-order valence-electron chi connectivity index (χ2n) is 6.69. The molecule has 1 saturated carbocycles. The average molecular weight is 342 g/mol. The maximum atomic E-state index is 12.3. The molecule has 7 nitrogen and oxygen atoms in total. The Balaban J connectivity index is 1.62. The third-order valence-electron chi connectivity index (χ3n) is 4.97. The van der Waals surface area contributed by atoms with Gasteiger partial charge in [0.2, 0.25) is 5.91 Å². The summed E-state index contributed by atoms with van der Waals surface area (Å²) in [5.41, 5.74) is 0.949. The van der Waals surface area contributed by atoms with Crippen molar-refractivity contribution in [3.05, 3.63) is 42.5 Å². The van der Waals surface area contributed by atoms with Gasteiger partial charge in [-0.2, -0.15) is 5.10 Å². The predicted molar refractivity (Wildman–Crippen MR) is 91.1 cm³/mol. The Labute approximate surface area is 146 Å². The number of amides is 1. The van der Waals surface area contributed by atoms with Gasteiger partial charge in [-0.3, -0.25) is 9.59 Å². The fourth-order valence-electron chi connectivity index (χ4n) is 3.46. The molecule has 1 atom stereocenters. The lowest BCUT2D eigenvalue weighted by Crippen LogP contribution is -2.36. The van der Waals surface area contributed by atoms with Crippen LogP contribution in [0.1, 0.15) is 50.6 Å². The molecule has 7 heteroatoms. The normalized spacial score (nSPS) is 17.2. The molecule has 1 aromatic carbocycles. The van der Waals surface area contributed by atoms with Crippen LogP contribution >= 0.6 is 0 Å². The second kappa shape index (κ2) is 7.04. The highest BCUT2D eigenvalue weighted by Gasteiger charge is 2.43. The first kappa shape index (κ1) is 17.1. The third kappa shape index (κ3) is 3.70. The van der Waals surface area contributed by atoms with Crippen molar-refractivity contribution in [2.24, 2.45) is 5.41 Å². The molecular weight excluding hydrogens is 320 g/mol. The highest BCUT2D eigenvalue weighted by atomic mass is 16.4. The summed E-state index contributed by atoms with van der Waals surface area (Å²) < 4.78 is 1.66. The topological polar surface area (TPSA) is 97.1 Å². The number of hydrogen-bond donors (Lipinski definition) is 2. The summed E-state index contributed by atoms with van der Waals surface area (Å²) in [7, 11) is 0. The first-order valence-corrected chi connectivity index (χ1v) is 8.48. The van der Waals surface area contributed by atoms with Gasteiger partial charge in [-0.15, -0.1) is 0 Å². The van der Waals surface area contributed by atoms with E-state index >= 15 is 0 Å². The summed E-state index contributed by atoms with van der Waals surface area (Å²) in [6.07, 6.45) is 6.04. The van der Waals surface area contributed by atoms with Crippen molar-refractivity contribution in [1.82, 2.24) is 20.1 Å². The number of nitrogens with zero attached hydrogens (tertiary/aromatic N) is 3. The minimum absolute atomic E-state index is 0.0454. The molecule has 1 unspecified atom stereocenters. The number of aromatic nitrogens is 3. The summed E-state index contributed by atoms with van der Waals surface area (Å²) in [6, 6.07) is 7.46. The van der Waals surface area contributed by atoms with Crippen LogP contribution in [0.2, 0.25) is 0 Å². The average Bonchev–Trinajstić information content (AvgIpc) is 3.27. The highest BCUT2D eigenvalue weighted by molar-refractivity contribution is 5.85. The van der Waals surface area contributed by atoms with Crippen LogP contribution < -0.4 is 5.32 Å². The Hall–Kier alpha value is -2.70. The largest absolute Gasteiger partial charge is 0.481 e. The van der Waals surface area contributed by atoms with Crippen LogP contribution in [0.5, 0.6) is 0 Å². The monoisotopic (exact) mass is 342 g/mol. The van der Waals surface area contributed by atoms with Crippen LogP contribution in [0.4, 0.5) is 0 Å². The number of aliphatic carboxylic acids is 1. The van der Waals surface area contributed by atoms with Crippen molar-refractivity contribution in [3.63, 3.8) is 0 Å². The van der Waals surface area contributed by atoms with Crippen molar-refractivity contribution in [2.75, 3.05) is 0 Å². The van der Waals surface area contributed by atoms with E-state index in [4.69, 9.17) is 0 Å². The molecule has 1 aromatic heterocycles. The molecule has 3 rings (SSSR count). The molecule has 0 radical (unpaired) electrons. The quantitative estimate of drug-likeness (QED) is 0.840. The molecule has 0 saturated heterocycles. The smallest absolute Gasteiger partial charge is 0.310 e. The van der Waals surface area contributed by atoms with Crippen molar-refractivity contribution >= 4 is 11.9 Å². The van der Waals surface area contributed by atoms with E-state index in [1.807, 2.05) is 31.2 Å². The number of carboxylic acid groups (broad SMARTS) is 1. The number of carbonyl (C=O) groups excluding carboxylic acids is 1. The molecule has 25 heavy (non-hydrogen) atoms. The molecule has 0 bridgehead atoms. The summed E-state index contributed by atoms with van der Waals surface area (Å²) in [5, 5.41) is 16.5. The molecule has 0 aliphatic heterocycles. The summed E-state index contributed by atoms with van der Waals surface area (Å²) in [5.74, 6) is -1.07. The van der Waals surface area contributed by atoms with Crippen molar-refractivity contribution in [3.8, 4) is 5.69 Å². The Morgan fingerprint density at radius 1 is 1.28 bits per heavy atom. The molecule has 2 aromatic rings. The zero-order valence-corrected chi connectivity index (χ0v) is 14.2. The molecule has 1 amide bonds. The number of benzene rings is 1. The van der Waals surface area contributed by atoms with E-state index in [1.54, 1.807) is 11.0 Å². The van der Waals surface area contributed by atoms with Gasteiger partial charge in [0, 0.05) is 6.42 Å². The van der Waals surface area contributed by atoms with E-state index in [1.165, 1.54) is 6.33 Å². The first-order chi connectivity index (χ1) is 12.0. The molecule has 1 fully saturated rings. The van der Waals surface area contributed by atoms with Crippen molar-refractivity contribution in [1.29, 1.82) is 0 Å². The molecule has 1 aliphatic rings. The van der Waals surface area contributed by atoms with Gasteiger partial charge in [0.25, 0.3) is 0 Å². The van der Waals surface area contributed by atoms with E-state index < -0.39 is 11.4 Å². The summed E-state index contributed by atoms with van der Waals surface area (Å²) >= 11 is 0. The van der Waals surface area contributed by atoms with Crippen LogP contribution in [0.15, 0.2) is 36.9 Å². The fraction of sp³-hybridized carbons (Fsp3) is 0.444. The maximum Gasteiger partial charge on any atom is 0.310 e. The minimum Gasteiger partial charge on any atom is -0.481 e. The number of rotatable bonds is 6. The molecule has 1 heterocycles. The Morgan fingerprint density at radius 2 is 1.96 bits per heavy atom. The van der Waals surface area contributed by atoms with Crippen LogP contribution in [0.25, 0.3) is 5.69 Å². The zero-order valence-electron chi connectivity index (χ0n) is 14.2. The van der Waals surface area contributed by atoms with Gasteiger partial charge in [0.05, 0.1) is 17.1 Å². The summed E-state index contributed by atoms with van der Waals surface area (Å²) in [4.78, 5) is 27.8. The van der Waals surface area contributed by atoms with E-state index in [-0.39, 0.29) is 18.4 Å². The van der Waals surface area contributed by atoms with Gasteiger partial charge in [0.15, 0.2) is 0 Å². The van der Waals surface area contributed by atoms with Crippen LogP contribution in [0.3, 0.4) is 0 Å². The third-order valence-corrected chi connectivity index (χ3v) is 4.97. The van der Waals surface area contributed by atoms with Gasteiger partial charge >= 0.3 is 5.97 Å². The Kier molecular flexibility index (Phi) is 4.83. The lowest BCUT2D eigenvalue weighted by molar-refractivity contribution is -0.151. The highest BCUT2D eigenvalue weighted by Crippen LogP contribution is 2.41. The van der Waals surface area contributed by atoms with Crippen LogP contribution in [-0.2, 0) is 9.59 Å². The van der Waals surface area contributed by atoms with Crippen LogP contribution in [-0.4, -0.2) is 31.7 Å². The Bertz CT molecular complexity index is 734. The van der Waals surface area contributed by atoms with Crippen LogP contribution in [0, 0.1) is 5.41 Å². The lowest BCUT2D eigenvalue weighted by Gasteiger charge is -2.24. The van der Waals surface area contributed by atoms with Gasteiger partial charge in [-0.1, -0.05) is 25.0 Å². The standard InChI is InChI=1S/C18H22N4O3/c1-13(14-4-6-15(7-5-14)22-12-19-11-20-22)21-16(23)10-18(17(24)25)8-2-3-9-18/h4-7,11-13H,2-3,8-10H2,1H3,(H,21,23)(H,24,25). The van der Waals surface area contributed by atoms with E-state index in [0.717, 1.165) is 24.1 Å². The van der Waals surface area contributed by atoms with Gasteiger partial charge in [-0.25, -0.2) is 9.67 Å². The van der Waals surface area contributed by atoms with E-state index in [0.29, 0.717) is 12.8 Å². The zero-order chi connectivity index (χ0) is 17.9. The minimum atomic E-state index is -0.888. The molecular formula is C18H22N4O3. The molecule has 132 valence electrons.